The van der Waals surface area contributed by atoms with Crippen LogP contribution in [-0.4, -0.2) is 22.3 Å². The minimum absolute atomic E-state index is 0.0552. The molecule has 0 saturated carbocycles. The summed E-state index contributed by atoms with van der Waals surface area (Å²) in [7, 11) is 0. The number of aliphatic carboxylic acids is 1. The molecule has 0 fully saturated rings. The van der Waals surface area contributed by atoms with Crippen LogP contribution in [0.3, 0.4) is 0 Å². The molecule has 1 atom stereocenters. The van der Waals surface area contributed by atoms with Crippen molar-refractivity contribution in [2.45, 2.75) is 174 Å². The number of hydrogen-bond donors (Lipinski definition) is 2. The molecule has 0 aromatic rings. The third-order valence-electron chi connectivity index (χ3n) is 6.57. The van der Waals surface area contributed by atoms with Crippen LogP contribution >= 0.6 is 0 Å². The van der Waals surface area contributed by atoms with Gasteiger partial charge in [-0.25, -0.2) is 0 Å². The maximum Gasteiger partial charge on any atom is 0.303 e. The van der Waals surface area contributed by atoms with Gasteiger partial charge < -0.3 is 10.2 Å². The van der Waals surface area contributed by atoms with E-state index in [1.165, 1.54) is 128 Å². The molecule has 0 aliphatic rings. The number of carboxylic acid groups (broad SMARTS) is 1. The second-order valence-corrected chi connectivity index (χ2v) is 9.80. The summed E-state index contributed by atoms with van der Waals surface area (Å²) in [5.41, 5.74) is 0. The molecule has 0 heterocycles. The lowest BCUT2D eigenvalue weighted by molar-refractivity contribution is -0.137. The summed E-state index contributed by atoms with van der Waals surface area (Å²) < 4.78 is 0. The molecule has 3 heteroatoms. The van der Waals surface area contributed by atoms with Crippen molar-refractivity contribution in [2.75, 3.05) is 0 Å². The summed E-state index contributed by atoms with van der Waals surface area (Å²) in [5, 5.41) is 18.7. The Morgan fingerprint density at radius 2 is 0.806 bits per heavy atom. The van der Waals surface area contributed by atoms with Crippen molar-refractivity contribution < 1.29 is 15.0 Å². The predicted octanol–water partition coefficient (Wildman–Crippen LogP) is 9.20. The number of carbonyl (C=O) groups is 1. The van der Waals surface area contributed by atoms with Crippen LogP contribution in [0.15, 0.2) is 0 Å². The van der Waals surface area contributed by atoms with E-state index in [9.17, 15) is 9.90 Å². The Hall–Kier alpha value is -0.570. The van der Waals surface area contributed by atoms with E-state index in [0.29, 0.717) is 6.42 Å². The van der Waals surface area contributed by atoms with Crippen molar-refractivity contribution >= 4 is 5.97 Å². The Kier molecular flexibility index (Phi) is 25.2. The van der Waals surface area contributed by atoms with Crippen molar-refractivity contribution in [3.8, 4) is 0 Å². The van der Waals surface area contributed by atoms with Crippen LogP contribution in [0.25, 0.3) is 0 Å². The van der Waals surface area contributed by atoms with Gasteiger partial charge in [-0.1, -0.05) is 142 Å². The maximum absolute atomic E-state index is 10.4. The first-order valence-corrected chi connectivity index (χ1v) is 14.1. The number of rotatable bonds is 26. The molecule has 0 rings (SSSR count). The van der Waals surface area contributed by atoms with Crippen molar-refractivity contribution in [3.63, 3.8) is 0 Å². The van der Waals surface area contributed by atoms with E-state index in [-0.39, 0.29) is 6.10 Å². The normalized spacial score (nSPS) is 12.3. The minimum atomic E-state index is -0.659. The molecule has 0 amide bonds. The molecule has 31 heavy (non-hydrogen) atoms. The molecule has 186 valence electrons. The Morgan fingerprint density at radius 1 is 0.516 bits per heavy atom. The Balaban J connectivity index is 3.12. The number of carboxylic acids is 1. The van der Waals surface area contributed by atoms with Crippen LogP contribution in [0, 0.1) is 0 Å². The fourth-order valence-corrected chi connectivity index (χ4v) is 4.44. The van der Waals surface area contributed by atoms with Crippen LogP contribution in [0.4, 0.5) is 0 Å². The van der Waals surface area contributed by atoms with E-state index < -0.39 is 5.97 Å². The highest BCUT2D eigenvalue weighted by atomic mass is 16.4. The molecule has 0 radical (unpaired) electrons. The summed E-state index contributed by atoms with van der Waals surface area (Å²) in [4.78, 5) is 10.4. The Labute approximate surface area is 194 Å². The summed E-state index contributed by atoms with van der Waals surface area (Å²) in [5.74, 6) is -0.659. The van der Waals surface area contributed by atoms with Crippen molar-refractivity contribution in [1.29, 1.82) is 0 Å². The highest BCUT2D eigenvalue weighted by molar-refractivity contribution is 5.66. The molecule has 0 aromatic heterocycles. The largest absolute Gasteiger partial charge is 0.481 e. The zero-order valence-electron chi connectivity index (χ0n) is 21.1. The summed E-state index contributed by atoms with van der Waals surface area (Å²) in [6, 6.07) is 0. The summed E-state index contributed by atoms with van der Waals surface area (Å²) >= 11 is 0. The fraction of sp³-hybridized carbons (Fsp3) is 0.964. The standard InChI is InChI=1S/C28H56O3/c1-2-3-4-5-15-18-21-24-27(29)25-22-19-16-13-11-9-7-6-8-10-12-14-17-20-23-26-28(30)31/h27,29H,2-26H2,1H3,(H,30,31). The highest BCUT2D eigenvalue weighted by Crippen LogP contribution is 2.16. The average molecular weight is 441 g/mol. The summed E-state index contributed by atoms with van der Waals surface area (Å²) in [6.07, 6.45) is 30.8. The lowest BCUT2D eigenvalue weighted by atomic mass is 10.0. The third-order valence-corrected chi connectivity index (χ3v) is 6.57. The van der Waals surface area contributed by atoms with Crippen LogP contribution in [0.1, 0.15) is 167 Å². The number of unbranched alkanes of at least 4 members (excludes halogenated alkanes) is 20. The van der Waals surface area contributed by atoms with Crippen LogP contribution < -0.4 is 0 Å². The first kappa shape index (κ1) is 30.4. The van der Waals surface area contributed by atoms with Gasteiger partial charge in [-0.3, -0.25) is 4.79 Å². The van der Waals surface area contributed by atoms with Gasteiger partial charge in [-0.2, -0.15) is 0 Å². The van der Waals surface area contributed by atoms with Gasteiger partial charge in [0.15, 0.2) is 0 Å². The molecule has 0 aliphatic carbocycles. The Morgan fingerprint density at radius 3 is 1.13 bits per heavy atom. The monoisotopic (exact) mass is 440 g/mol. The van der Waals surface area contributed by atoms with Crippen molar-refractivity contribution in [3.05, 3.63) is 0 Å². The van der Waals surface area contributed by atoms with E-state index in [4.69, 9.17) is 5.11 Å². The van der Waals surface area contributed by atoms with Gasteiger partial charge in [-0.05, 0) is 19.3 Å². The first-order chi connectivity index (χ1) is 15.2. The molecular formula is C28H56O3. The van der Waals surface area contributed by atoms with Gasteiger partial charge in [-0.15, -0.1) is 0 Å². The predicted molar refractivity (Wildman–Crippen MR) is 135 cm³/mol. The molecule has 0 aliphatic heterocycles. The van der Waals surface area contributed by atoms with E-state index in [0.717, 1.165) is 25.7 Å². The molecule has 0 aromatic carbocycles. The van der Waals surface area contributed by atoms with Gasteiger partial charge in [0.05, 0.1) is 6.10 Å². The molecule has 0 spiro atoms. The zero-order chi connectivity index (χ0) is 22.8. The van der Waals surface area contributed by atoms with E-state index in [1.807, 2.05) is 0 Å². The maximum atomic E-state index is 10.4. The molecule has 1 unspecified atom stereocenters. The van der Waals surface area contributed by atoms with Crippen LogP contribution in [0.5, 0.6) is 0 Å². The Bertz CT molecular complexity index is 356. The van der Waals surface area contributed by atoms with Gasteiger partial charge in [0, 0.05) is 6.42 Å². The topological polar surface area (TPSA) is 57.5 Å². The highest BCUT2D eigenvalue weighted by Gasteiger charge is 2.03. The van der Waals surface area contributed by atoms with Gasteiger partial charge >= 0.3 is 5.97 Å². The smallest absolute Gasteiger partial charge is 0.303 e. The molecule has 2 N–H and O–H groups in total. The SMILES string of the molecule is CCCCCCCCCC(O)CCCCCCCCCCCCCCCCCC(=O)O. The lowest BCUT2D eigenvalue weighted by Crippen LogP contribution is -2.05. The van der Waals surface area contributed by atoms with Crippen LogP contribution in [0.2, 0.25) is 0 Å². The molecule has 0 bridgehead atoms. The summed E-state index contributed by atoms with van der Waals surface area (Å²) in [6.45, 7) is 2.26. The second kappa shape index (κ2) is 25.7. The third kappa shape index (κ3) is 27.4. The van der Waals surface area contributed by atoms with Gasteiger partial charge in [0.25, 0.3) is 0 Å². The first-order valence-electron chi connectivity index (χ1n) is 14.1. The number of hydrogen-bond acceptors (Lipinski definition) is 2. The molecular weight excluding hydrogens is 384 g/mol. The van der Waals surface area contributed by atoms with E-state index in [1.54, 1.807) is 0 Å². The number of aliphatic hydroxyl groups excluding tert-OH is 1. The van der Waals surface area contributed by atoms with E-state index >= 15 is 0 Å². The van der Waals surface area contributed by atoms with E-state index in [2.05, 4.69) is 6.92 Å². The average Bonchev–Trinajstić information content (AvgIpc) is 2.75. The molecule has 0 saturated heterocycles. The lowest BCUT2D eigenvalue weighted by Gasteiger charge is -2.10. The van der Waals surface area contributed by atoms with Crippen LogP contribution in [-0.2, 0) is 4.79 Å². The molecule has 3 nitrogen and oxygen atoms in total. The zero-order valence-corrected chi connectivity index (χ0v) is 21.1. The van der Waals surface area contributed by atoms with Gasteiger partial charge in [0.2, 0.25) is 0 Å². The van der Waals surface area contributed by atoms with Crippen molar-refractivity contribution in [2.24, 2.45) is 0 Å². The number of aliphatic hydroxyl groups is 1. The van der Waals surface area contributed by atoms with Gasteiger partial charge in [0.1, 0.15) is 0 Å². The fourth-order valence-electron chi connectivity index (χ4n) is 4.44. The van der Waals surface area contributed by atoms with Crippen molar-refractivity contribution in [1.82, 2.24) is 0 Å². The second-order valence-electron chi connectivity index (χ2n) is 9.80. The minimum Gasteiger partial charge on any atom is -0.481 e. The quantitative estimate of drug-likeness (QED) is 0.132.